The number of halogens is 2. The molecule has 0 saturated heterocycles. The molecule has 90 valence electrons. The minimum absolute atomic E-state index is 0.161. The quantitative estimate of drug-likeness (QED) is 0.919. The molecule has 0 unspecified atom stereocenters. The highest BCUT2D eigenvalue weighted by Gasteiger charge is 2.02. The third-order valence-corrected chi connectivity index (χ3v) is 3.46. The lowest BCUT2D eigenvalue weighted by Crippen LogP contribution is -2.12. The molecular formula is C12H12ClFN2S. The van der Waals surface area contributed by atoms with Crippen LogP contribution in [-0.2, 0) is 13.1 Å². The first-order valence-electron chi connectivity index (χ1n) is 5.21. The summed E-state index contributed by atoms with van der Waals surface area (Å²) in [5.74, 6) is -0.383. The van der Waals surface area contributed by atoms with Crippen molar-refractivity contribution >= 4 is 22.9 Å². The lowest BCUT2D eigenvalue weighted by Gasteiger charge is -2.03. The van der Waals surface area contributed by atoms with Gasteiger partial charge in [0.1, 0.15) is 10.8 Å². The molecule has 1 aromatic carbocycles. The highest BCUT2D eigenvalue weighted by atomic mass is 35.5. The van der Waals surface area contributed by atoms with Crippen LogP contribution in [0.5, 0.6) is 0 Å². The number of hydrogen-bond acceptors (Lipinski definition) is 3. The summed E-state index contributed by atoms with van der Waals surface area (Å²) in [6.45, 7) is 3.40. The molecule has 0 atom stereocenters. The second-order valence-electron chi connectivity index (χ2n) is 3.72. The van der Waals surface area contributed by atoms with Crippen LogP contribution in [-0.4, -0.2) is 4.98 Å². The van der Waals surface area contributed by atoms with E-state index in [2.05, 4.69) is 10.3 Å². The zero-order chi connectivity index (χ0) is 12.3. The van der Waals surface area contributed by atoms with Gasteiger partial charge in [-0.05, 0) is 24.6 Å². The average molecular weight is 271 g/mol. The minimum Gasteiger partial charge on any atom is -0.306 e. The van der Waals surface area contributed by atoms with Crippen LogP contribution in [0.15, 0.2) is 24.4 Å². The van der Waals surface area contributed by atoms with Gasteiger partial charge >= 0.3 is 0 Å². The van der Waals surface area contributed by atoms with Gasteiger partial charge in [0.05, 0.1) is 5.02 Å². The van der Waals surface area contributed by atoms with Crippen molar-refractivity contribution in [2.75, 3.05) is 0 Å². The zero-order valence-corrected chi connectivity index (χ0v) is 10.9. The maximum absolute atomic E-state index is 12.9. The number of nitrogens with zero attached hydrogens (tertiary/aromatic N) is 1. The Morgan fingerprint density at radius 3 is 2.88 bits per heavy atom. The van der Waals surface area contributed by atoms with Crippen molar-refractivity contribution in [2.24, 2.45) is 0 Å². The lowest BCUT2D eigenvalue weighted by molar-refractivity contribution is 0.625. The maximum Gasteiger partial charge on any atom is 0.141 e. The Morgan fingerprint density at radius 2 is 2.24 bits per heavy atom. The van der Waals surface area contributed by atoms with Crippen molar-refractivity contribution in [3.63, 3.8) is 0 Å². The highest BCUT2D eigenvalue weighted by molar-refractivity contribution is 7.11. The summed E-state index contributed by atoms with van der Waals surface area (Å²) in [5, 5.41) is 4.46. The molecule has 17 heavy (non-hydrogen) atoms. The van der Waals surface area contributed by atoms with Crippen molar-refractivity contribution in [1.82, 2.24) is 10.3 Å². The van der Waals surface area contributed by atoms with Gasteiger partial charge in [0.25, 0.3) is 0 Å². The molecule has 0 aliphatic carbocycles. The van der Waals surface area contributed by atoms with Crippen molar-refractivity contribution in [1.29, 1.82) is 0 Å². The van der Waals surface area contributed by atoms with Crippen LogP contribution in [0.1, 0.15) is 15.4 Å². The van der Waals surface area contributed by atoms with Gasteiger partial charge in [0.2, 0.25) is 0 Å². The Bertz CT molecular complexity index is 513. The Hall–Kier alpha value is -0.970. The van der Waals surface area contributed by atoms with E-state index < -0.39 is 0 Å². The van der Waals surface area contributed by atoms with E-state index in [-0.39, 0.29) is 10.8 Å². The minimum atomic E-state index is -0.383. The third kappa shape index (κ3) is 3.49. The summed E-state index contributed by atoms with van der Waals surface area (Å²) in [6, 6.07) is 4.74. The number of aromatic nitrogens is 1. The Kier molecular flexibility index (Phi) is 4.10. The van der Waals surface area contributed by atoms with Crippen molar-refractivity contribution in [2.45, 2.75) is 20.0 Å². The first kappa shape index (κ1) is 12.5. The average Bonchev–Trinajstić information content (AvgIpc) is 2.70. The summed E-state index contributed by atoms with van der Waals surface area (Å²) in [7, 11) is 0. The number of nitrogens with one attached hydrogen (secondary N) is 1. The van der Waals surface area contributed by atoms with Crippen molar-refractivity contribution < 1.29 is 4.39 Å². The van der Waals surface area contributed by atoms with Gasteiger partial charge in [-0.15, -0.1) is 11.3 Å². The molecule has 1 heterocycles. The van der Waals surface area contributed by atoms with E-state index in [9.17, 15) is 4.39 Å². The van der Waals surface area contributed by atoms with E-state index in [1.165, 1.54) is 10.9 Å². The molecule has 1 N–H and O–H groups in total. The Morgan fingerprint density at radius 1 is 1.41 bits per heavy atom. The van der Waals surface area contributed by atoms with E-state index >= 15 is 0 Å². The fourth-order valence-corrected chi connectivity index (χ4v) is 2.41. The second kappa shape index (κ2) is 5.58. The van der Waals surface area contributed by atoms with E-state index in [0.29, 0.717) is 13.1 Å². The molecule has 0 spiro atoms. The number of aryl methyl sites for hydroxylation is 1. The van der Waals surface area contributed by atoms with Crippen LogP contribution in [0.25, 0.3) is 0 Å². The van der Waals surface area contributed by atoms with E-state index in [4.69, 9.17) is 11.6 Å². The third-order valence-electron chi connectivity index (χ3n) is 2.26. The summed E-state index contributed by atoms with van der Waals surface area (Å²) >= 11 is 7.37. The molecule has 2 rings (SSSR count). The van der Waals surface area contributed by atoms with Gasteiger partial charge in [-0.2, -0.15) is 0 Å². The first-order valence-corrected chi connectivity index (χ1v) is 6.40. The monoisotopic (exact) mass is 270 g/mol. The molecule has 1 aromatic heterocycles. The molecule has 0 aliphatic heterocycles. The van der Waals surface area contributed by atoms with Crippen molar-refractivity contribution in [3.8, 4) is 0 Å². The molecule has 0 amide bonds. The molecule has 2 aromatic rings. The van der Waals surface area contributed by atoms with Crippen LogP contribution in [0.3, 0.4) is 0 Å². The molecule has 5 heteroatoms. The van der Waals surface area contributed by atoms with Gasteiger partial charge in [0.15, 0.2) is 0 Å². The molecule has 0 saturated carbocycles. The predicted octanol–water partition coefficient (Wildman–Crippen LogP) is 3.53. The lowest BCUT2D eigenvalue weighted by atomic mass is 10.2. The number of thiazole rings is 1. The second-order valence-corrected chi connectivity index (χ2v) is 5.44. The normalized spacial score (nSPS) is 10.8. The zero-order valence-electron chi connectivity index (χ0n) is 9.34. The largest absolute Gasteiger partial charge is 0.306 e. The summed E-state index contributed by atoms with van der Waals surface area (Å²) in [4.78, 5) is 5.45. The molecule has 2 nitrogen and oxygen atoms in total. The SMILES string of the molecule is Cc1cnc(CNCc2ccc(F)c(Cl)c2)s1. The summed E-state index contributed by atoms with van der Waals surface area (Å²) in [5.41, 5.74) is 0.963. The topological polar surface area (TPSA) is 24.9 Å². The summed E-state index contributed by atoms with van der Waals surface area (Å²) < 4.78 is 12.9. The maximum atomic E-state index is 12.9. The van der Waals surface area contributed by atoms with E-state index in [0.717, 1.165) is 10.6 Å². The molecular weight excluding hydrogens is 259 g/mol. The van der Waals surface area contributed by atoms with Crippen LogP contribution in [0.4, 0.5) is 4.39 Å². The summed E-state index contributed by atoms with van der Waals surface area (Å²) in [6.07, 6.45) is 1.86. The Labute approximate surface area is 108 Å². The van der Waals surface area contributed by atoms with Crippen LogP contribution in [0.2, 0.25) is 5.02 Å². The van der Waals surface area contributed by atoms with Gasteiger partial charge in [-0.25, -0.2) is 9.37 Å². The van der Waals surface area contributed by atoms with Gasteiger partial charge in [-0.3, -0.25) is 0 Å². The molecule has 0 radical (unpaired) electrons. The highest BCUT2D eigenvalue weighted by Crippen LogP contribution is 2.16. The van der Waals surface area contributed by atoms with Crippen LogP contribution in [0, 0.1) is 12.7 Å². The van der Waals surface area contributed by atoms with Gasteiger partial charge < -0.3 is 5.32 Å². The van der Waals surface area contributed by atoms with E-state index in [1.807, 2.05) is 13.1 Å². The Balaban J connectivity index is 1.87. The van der Waals surface area contributed by atoms with E-state index in [1.54, 1.807) is 23.5 Å². The van der Waals surface area contributed by atoms with Crippen molar-refractivity contribution in [3.05, 3.63) is 50.7 Å². The van der Waals surface area contributed by atoms with Gasteiger partial charge in [-0.1, -0.05) is 17.7 Å². The molecule has 0 bridgehead atoms. The van der Waals surface area contributed by atoms with Crippen LogP contribution >= 0.6 is 22.9 Å². The number of hydrogen-bond donors (Lipinski definition) is 1. The van der Waals surface area contributed by atoms with Crippen LogP contribution < -0.4 is 5.32 Å². The molecule has 0 aliphatic rings. The standard InChI is InChI=1S/C12H12ClFN2S/c1-8-5-16-12(17-8)7-15-6-9-2-3-11(14)10(13)4-9/h2-5,15H,6-7H2,1H3. The fraction of sp³-hybridized carbons (Fsp3) is 0.250. The fourth-order valence-electron chi connectivity index (χ4n) is 1.45. The molecule has 0 fully saturated rings. The number of benzene rings is 1. The van der Waals surface area contributed by atoms with Gasteiger partial charge in [0, 0.05) is 24.2 Å². The predicted molar refractivity (Wildman–Crippen MR) is 68.8 cm³/mol. The smallest absolute Gasteiger partial charge is 0.141 e. The number of rotatable bonds is 4. The first-order chi connectivity index (χ1) is 8.15.